The second-order valence-corrected chi connectivity index (χ2v) is 5.83. The highest BCUT2D eigenvalue weighted by molar-refractivity contribution is 6.04. The lowest BCUT2D eigenvalue weighted by molar-refractivity contribution is -0.126. The molecule has 0 radical (unpaired) electrons. The van der Waals surface area contributed by atoms with Crippen molar-refractivity contribution in [2.75, 3.05) is 12.1 Å². The Morgan fingerprint density at radius 2 is 1.81 bits per heavy atom. The summed E-state index contributed by atoms with van der Waals surface area (Å²) in [6.07, 6.45) is -0.311. The molecular formula is C19H18N2O5. The van der Waals surface area contributed by atoms with Gasteiger partial charge >= 0.3 is 0 Å². The fourth-order valence-corrected chi connectivity index (χ4v) is 2.48. The number of hydrogen-bond donors (Lipinski definition) is 2. The number of anilines is 1. The lowest BCUT2D eigenvalue weighted by Gasteiger charge is -2.08. The van der Waals surface area contributed by atoms with E-state index in [1.807, 2.05) is 6.07 Å². The summed E-state index contributed by atoms with van der Waals surface area (Å²) < 4.78 is 10.5. The molecule has 0 aromatic heterocycles. The van der Waals surface area contributed by atoms with Crippen LogP contribution in [0, 0.1) is 0 Å². The molecule has 0 spiro atoms. The number of Topliss-reactive ketones (excluding diaryl/α,β-unsaturated/α-hetero) is 1. The van der Waals surface area contributed by atoms with E-state index in [1.165, 1.54) is 6.92 Å². The molecule has 1 heterocycles. The Labute approximate surface area is 150 Å². The number of hydrogen-bond acceptors (Lipinski definition) is 5. The van der Waals surface area contributed by atoms with E-state index in [0.29, 0.717) is 22.7 Å². The number of fused-ring (bicyclic) bond motifs is 1. The summed E-state index contributed by atoms with van der Waals surface area (Å²) in [4.78, 5) is 35.3. The van der Waals surface area contributed by atoms with E-state index in [1.54, 1.807) is 36.4 Å². The van der Waals surface area contributed by atoms with Crippen LogP contribution in [0.4, 0.5) is 5.69 Å². The minimum absolute atomic E-state index is 0.0948. The van der Waals surface area contributed by atoms with Gasteiger partial charge in [0, 0.05) is 17.8 Å². The first-order chi connectivity index (χ1) is 12.5. The number of carbonyl (C=O) groups excluding carboxylic acids is 3. The molecule has 2 amide bonds. The predicted octanol–water partition coefficient (Wildman–Crippen LogP) is 2.26. The van der Waals surface area contributed by atoms with Crippen molar-refractivity contribution in [2.45, 2.75) is 19.9 Å². The summed E-state index contributed by atoms with van der Waals surface area (Å²) in [5.41, 5.74) is 1.82. The van der Waals surface area contributed by atoms with E-state index in [0.717, 1.165) is 5.56 Å². The zero-order chi connectivity index (χ0) is 18.5. The normalized spacial score (nSPS) is 11.7. The van der Waals surface area contributed by atoms with E-state index in [9.17, 15) is 14.4 Å². The summed E-state index contributed by atoms with van der Waals surface area (Å²) in [6, 6.07) is 12.0. The largest absolute Gasteiger partial charge is 0.454 e. The first kappa shape index (κ1) is 17.5. The van der Waals surface area contributed by atoms with Crippen molar-refractivity contribution in [1.82, 2.24) is 5.32 Å². The molecule has 7 heteroatoms. The average Bonchev–Trinajstić information content (AvgIpc) is 3.07. The minimum Gasteiger partial charge on any atom is -0.454 e. The molecule has 7 nitrogen and oxygen atoms in total. The standard InChI is InChI=1S/C19H18N2O5/c1-12(22)14-3-2-4-15(8-14)21-19(24)9-18(23)20-10-13-5-6-16-17(7-13)26-11-25-16/h2-8H,9-11H2,1H3,(H,20,23)(H,21,24). The third-order valence-electron chi connectivity index (χ3n) is 3.80. The molecule has 2 aromatic rings. The van der Waals surface area contributed by atoms with Crippen LogP contribution >= 0.6 is 0 Å². The van der Waals surface area contributed by atoms with E-state index in [2.05, 4.69) is 10.6 Å². The number of benzene rings is 2. The van der Waals surface area contributed by atoms with Gasteiger partial charge in [-0.3, -0.25) is 14.4 Å². The summed E-state index contributed by atoms with van der Waals surface area (Å²) in [5, 5.41) is 5.30. The van der Waals surface area contributed by atoms with Gasteiger partial charge in [0.05, 0.1) is 0 Å². The Morgan fingerprint density at radius 1 is 1.00 bits per heavy atom. The third-order valence-corrected chi connectivity index (χ3v) is 3.80. The van der Waals surface area contributed by atoms with Crippen LogP contribution < -0.4 is 20.1 Å². The van der Waals surface area contributed by atoms with Crippen LogP contribution in [-0.2, 0) is 16.1 Å². The van der Waals surface area contributed by atoms with Crippen LogP contribution in [0.15, 0.2) is 42.5 Å². The number of ketones is 1. The number of ether oxygens (including phenoxy) is 2. The highest BCUT2D eigenvalue weighted by Gasteiger charge is 2.14. The topological polar surface area (TPSA) is 93.7 Å². The molecule has 0 atom stereocenters. The monoisotopic (exact) mass is 354 g/mol. The smallest absolute Gasteiger partial charge is 0.233 e. The van der Waals surface area contributed by atoms with Gasteiger partial charge < -0.3 is 20.1 Å². The molecule has 0 bridgehead atoms. The number of amides is 2. The Bertz CT molecular complexity index is 863. The maximum atomic E-state index is 12.0. The van der Waals surface area contributed by atoms with Gasteiger partial charge in [0.1, 0.15) is 6.42 Å². The van der Waals surface area contributed by atoms with Crippen LogP contribution in [0.25, 0.3) is 0 Å². The van der Waals surface area contributed by atoms with Crippen LogP contribution in [0.3, 0.4) is 0 Å². The second-order valence-electron chi connectivity index (χ2n) is 5.83. The molecule has 134 valence electrons. The molecule has 0 unspecified atom stereocenters. The van der Waals surface area contributed by atoms with E-state index in [4.69, 9.17) is 9.47 Å². The van der Waals surface area contributed by atoms with Crippen molar-refractivity contribution in [3.8, 4) is 11.5 Å². The van der Waals surface area contributed by atoms with Crippen molar-refractivity contribution in [3.05, 3.63) is 53.6 Å². The molecule has 3 rings (SSSR count). The fraction of sp³-hybridized carbons (Fsp3) is 0.211. The number of carbonyl (C=O) groups is 3. The van der Waals surface area contributed by atoms with Crippen molar-refractivity contribution in [2.24, 2.45) is 0 Å². The molecule has 26 heavy (non-hydrogen) atoms. The Hall–Kier alpha value is -3.35. The highest BCUT2D eigenvalue weighted by atomic mass is 16.7. The van der Waals surface area contributed by atoms with Gasteiger partial charge in [-0.2, -0.15) is 0 Å². The number of nitrogens with one attached hydrogen (secondary N) is 2. The summed E-state index contributed by atoms with van der Waals surface area (Å²) in [5.74, 6) is 0.367. The zero-order valence-corrected chi connectivity index (χ0v) is 14.2. The van der Waals surface area contributed by atoms with E-state index < -0.39 is 11.8 Å². The van der Waals surface area contributed by atoms with Gasteiger partial charge in [-0.15, -0.1) is 0 Å². The van der Waals surface area contributed by atoms with Crippen LogP contribution in [0.1, 0.15) is 29.3 Å². The highest BCUT2D eigenvalue weighted by Crippen LogP contribution is 2.32. The lowest BCUT2D eigenvalue weighted by Crippen LogP contribution is -2.27. The van der Waals surface area contributed by atoms with Gasteiger partial charge in [0.15, 0.2) is 17.3 Å². The third kappa shape index (κ3) is 4.38. The minimum atomic E-state index is -0.450. The van der Waals surface area contributed by atoms with Gasteiger partial charge in [-0.1, -0.05) is 18.2 Å². The maximum Gasteiger partial charge on any atom is 0.233 e. The van der Waals surface area contributed by atoms with Crippen LogP contribution in [-0.4, -0.2) is 24.4 Å². The molecule has 2 aromatic carbocycles. The van der Waals surface area contributed by atoms with E-state index in [-0.39, 0.29) is 25.5 Å². The van der Waals surface area contributed by atoms with Gasteiger partial charge in [0.2, 0.25) is 18.6 Å². The van der Waals surface area contributed by atoms with Crippen molar-refractivity contribution in [1.29, 1.82) is 0 Å². The quantitative estimate of drug-likeness (QED) is 0.613. The average molecular weight is 354 g/mol. The molecule has 1 aliphatic heterocycles. The van der Waals surface area contributed by atoms with E-state index >= 15 is 0 Å². The summed E-state index contributed by atoms with van der Waals surface area (Å²) >= 11 is 0. The van der Waals surface area contributed by atoms with Crippen molar-refractivity contribution < 1.29 is 23.9 Å². The Morgan fingerprint density at radius 3 is 2.62 bits per heavy atom. The summed E-state index contributed by atoms with van der Waals surface area (Å²) in [6.45, 7) is 1.92. The molecule has 1 aliphatic rings. The Balaban J connectivity index is 1.49. The zero-order valence-electron chi connectivity index (χ0n) is 14.2. The van der Waals surface area contributed by atoms with Crippen LogP contribution in [0.5, 0.6) is 11.5 Å². The van der Waals surface area contributed by atoms with Gasteiger partial charge in [-0.05, 0) is 36.8 Å². The molecule has 0 fully saturated rings. The number of rotatable bonds is 6. The predicted molar refractivity (Wildman–Crippen MR) is 94.1 cm³/mol. The molecule has 0 saturated heterocycles. The second kappa shape index (κ2) is 7.69. The SMILES string of the molecule is CC(=O)c1cccc(NC(=O)CC(=O)NCc2ccc3c(c2)OCO3)c1. The van der Waals surface area contributed by atoms with Gasteiger partial charge in [0.25, 0.3) is 0 Å². The van der Waals surface area contributed by atoms with Crippen molar-refractivity contribution in [3.63, 3.8) is 0 Å². The first-order valence-corrected chi connectivity index (χ1v) is 8.07. The van der Waals surface area contributed by atoms with Crippen LogP contribution in [0.2, 0.25) is 0 Å². The first-order valence-electron chi connectivity index (χ1n) is 8.07. The maximum absolute atomic E-state index is 12.0. The fourth-order valence-electron chi connectivity index (χ4n) is 2.48. The Kier molecular flexibility index (Phi) is 5.17. The molecule has 2 N–H and O–H groups in total. The lowest BCUT2D eigenvalue weighted by atomic mass is 10.1. The molecule has 0 aliphatic carbocycles. The summed E-state index contributed by atoms with van der Waals surface area (Å²) in [7, 11) is 0. The van der Waals surface area contributed by atoms with Crippen molar-refractivity contribution >= 4 is 23.3 Å². The van der Waals surface area contributed by atoms with Gasteiger partial charge in [-0.25, -0.2) is 0 Å². The molecular weight excluding hydrogens is 336 g/mol. The molecule has 0 saturated carbocycles.